The van der Waals surface area contributed by atoms with Crippen LogP contribution in [0.1, 0.15) is 65.5 Å². The number of nitrogens with one attached hydrogen (secondary N) is 1. The van der Waals surface area contributed by atoms with E-state index in [0.717, 1.165) is 22.5 Å². The van der Waals surface area contributed by atoms with Crippen molar-refractivity contribution < 1.29 is 14.4 Å². The minimum atomic E-state index is -0.750. The first-order valence-corrected chi connectivity index (χ1v) is 9.60. The molecule has 0 radical (unpaired) electrons. The molecule has 2 aromatic rings. The van der Waals surface area contributed by atoms with E-state index in [-0.39, 0.29) is 29.9 Å². The molecule has 3 rings (SSSR count). The number of nitrogens with zero attached hydrogens (tertiary/aromatic N) is 1. The number of carbonyl (C=O) groups excluding carboxylic acids is 3. The molecule has 1 aromatic carbocycles. The Morgan fingerprint density at radius 1 is 1.14 bits per heavy atom. The van der Waals surface area contributed by atoms with Gasteiger partial charge in [0.1, 0.15) is 0 Å². The highest BCUT2D eigenvalue weighted by molar-refractivity contribution is 6.06. The van der Waals surface area contributed by atoms with Crippen molar-refractivity contribution in [1.82, 2.24) is 10.3 Å². The van der Waals surface area contributed by atoms with Crippen LogP contribution in [0.15, 0.2) is 36.4 Å². The van der Waals surface area contributed by atoms with Gasteiger partial charge in [0.25, 0.3) is 0 Å². The third-order valence-electron chi connectivity index (χ3n) is 5.77. The normalized spacial score (nSPS) is 20.1. The molecule has 2 amide bonds. The number of aryl methyl sites for hydroxylation is 3. The smallest absolute Gasteiger partial charge is 0.233 e. The molecule has 1 N–H and O–H groups in total. The Bertz CT molecular complexity index is 913. The van der Waals surface area contributed by atoms with Crippen LogP contribution in [0.2, 0.25) is 0 Å². The number of aromatic nitrogens is 1. The van der Waals surface area contributed by atoms with Crippen LogP contribution in [-0.4, -0.2) is 22.6 Å². The summed E-state index contributed by atoms with van der Waals surface area (Å²) < 4.78 is 0. The van der Waals surface area contributed by atoms with Gasteiger partial charge in [-0.1, -0.05) is 31.2 Å². The van der Waals surface area contributed by atoms with Crippen molar-refractivity contribution in [2.45, 2.75) is 52.9 Å². The lowest BCUT2D eigenvalue weighted by atomic mass is 9.73. The topological polar surface area (TPSA) is 76.1 Å². The van der Waals surface area contributed by atoms with Crippen molar-refractivity contribution in [2.75, 3.05) is 0 Å². The molecule has 0 bridgehead atoms. The van der Waals surface area contributed by atoms with Crippen LogP contribution >= 0.6 is 0 Å². The van der Waals surface area contributed by atoms with Crippen molar-refractivity contribution in [3.8, 4) is 0 Å². The molecule has 1 fully saturated rings. The molecule has 2 atom stereocenters. The fourth-order valence-corrected chi connectivity index (χ4v) is 3.87. The van der Waals surface area contributed by atoms with Crippen molar-refractivity contribution >= 4 is 17.6 Å². The molecule has 5 nitrogen and oxygen atoms in total. The molecule has 1 saturated heterocycles. The van der Waals surface area contributed by atoms with E-state index in [0.29, 0.717) is 18.4 Å². The van der Waals surface area contributed by atoms with Gasteiger partial charge in [-0.05, 0) is 56.4 Å². The van der Waals surface area contributed by atoms with E-state index in [1.807, 2.05) is 64.1 Å². The molecular weight excluding hydrogens is 352 g/mol. The van der Waals surface area contributed by atoms with E-state index in [1.165, 1.54) is 0 Å². The number of imide groups is 1. The van der Waals surface area contributed by atoms with Crippen molar-refractivity contribution in [3.05, 3.63) is 64.5 Å². The summed E-state index contributed by atoms with van der Waals surface area (Å²) in [4.78, 5) is 40.7. The summed E-state index contributed by atoms with van der Waals surface area (Å²) >= 11 is 0. The van der Waals surface area contributed by atoms with E-state index in [9.17, 15) is 14.4 Å². The summed E-state index contributed by atoms with van der Waals surface area (Å²) in [6, 6.07) is 11.4. The Kier molecular flexibility index (Phi) is 5.45. The number of ketones is 1. The zero-order valence-corrected chi connectivity index (χ0v) is 16.8. The Balaban J connectivity index is 1.67. The van der Waals surface area contributed by atoms with Gasteiger partial charge in [0.05, 0.1) is 5.41 Å². The predicted molar refractivity (Wildman–Crippen MR) is 107 cm³/mol. The molecule has 0 spiro atoms. The number of hydrogen-bond acceptors (Lipinski definition) is 4. The fourth-order valence-electron chi connectivity index (χ4n) is 3.87. The third kappa shape index (κ3) is 4.03. The lowest BCUT2D eigenvalue weighted by Gasteiger charge is -2.28. The lowest BCUT2D eigenvalue weighted by molar-refractivity contribution is -0.128. The maximum Gasteiger partial charge on any atom is 0.233 e. The number of carbonyl (C=O) groups is 3. The molecule has 0 aliphatic carbocycles. The van der Waals surface area contributed by atoms with Gasteiger partial charge in [-0.2, -0.15) is 0 Å². The van der Waals surface area contributed by atoms with E-state index in [4.69, 9.17) is 0 Å². The quantitative estimate of drug-likeness (QED) is 0.615. The van der Waals surface area contributed by atoms with Gasteiger partial charge in [0, 0.05) is 29.8 Å². The minimum Gasteiger partial charge on any atom is -0.296 e. The average molecular weight is 378 g/mol. The predicted octanol–water partition coefficient (Wildman–Crippen LogP) is 3.67. The van der Waals surface area contributed by atoms with Crippen molar-refractivity contribution in [3.63, 3.8) is 0 Å². The number of Topliss-reactive ketones (excluding diaryl/α,β-unsaturated/α-hetero) is 1. The van der Waals surface area contributed by atoms with Crippen LogP contribution in [-0.2, 0) is 16.0 Å². The highest BCUT2D eigenvalue weighted by Gasteiger charge is 2.46. The van der Waals surface area contributed by atoms with E-state index >= 15 is 0 Å². The maximum atomic E-state index is 12.6. The molecular formula is C23H26N2O3. The molecule has 2 heterocycles. The van der Waals surface area contributed by atoms with Gasteiger partial charge in [0.15, 0.2) is 5.78 Å². The summed E-state index contributed by atoms with van der Waals surface area (Å²) in [7, 11) is 0. The largest absolute Gasteiger partial charge is 0.296 e. The van der Waals surface area contributed by atoms with Crippen LogP contribution in [0.4, 0.5) is 0 Å². The summed E-state index contributed by atoms with van der Waals surface area (Å²) in [6.45, 7) is 7.67. The zero-order chi connectivity index (χ0) is 20.5. The standard InChI is InChI=1S/C23H26N2O3/c1-14-11-17(12-15(2)24-14)5-10-20(26)19-8-6-18(7-9-19)16(3)23(4)13-21(27)25-22(23)28/h6-9,11-12,16H,5,10,13H2,1-4H3,(H,25,27,28)/t16-,23+/m1/s1. The molecule has 5 heteroatoms. The van der Waals surface area contributed by atoms with Gasteiger partial charge in [-0.3, -0.25) is 24.7 Å². The third-order valence-corrected chi connectivity index (χ3v) is 5.77. The van der Waals surface area contributed by atoms with Gasteiger partial charge >= 0.3 is 0 Å². The highest BCUT2D eigenvalue weighted by atomic mass is 16.2. The fraction of sp³-hybridized carbons (Fsp3) is 0.391. The van der Waals surface area contributed by atoms with Gasteiger partial charge in [-0.25, -0.2) is 0 Å². The molecule has 28 heavy (non-hydrogen) atoms. The summed E-state index contributed by atoms with van der Waals surface area (Å²) in [5.41, 5.74) is 3.90. The Labute approximate surface area is 165 Å². The van der Waals surface area contributed by atoms with E-state index in [1.54, 1.807) is 0 Å². The van der Waals surface area contributed by atoms with Crippen molar-refractivity contribution in [2.24, 2.45) is 5.41 Å². The molecule has 1 aromatic heterocycles. The molecule has 0 saturated carbocycles. The van der Waals surface area contributed by atoms with E-state index < -0.39 is 5.41 Å². The number of amides is 2. The second kappa shape index (κ2) is 7.66. The Hall–Kier alpha value is -2.82. The zero-order valence-electron chi connectivity index (χ0n) is 16.8. The maximum absolute atomic E-state index is 12.6. The first-order valence-electron chi connectivity index (χ1n) is 9.60. The van der Waals surface area contributed by atoms with Crippen LogP contribution < -0.4 is 5.32 Å². The molecule has 0 unspecified atom stereocenters. The van der Waals surface area contributed by atoms with E-state index in [2.05, 4.69) is 10.3 Å². The number of pyridine rings is 1. The molecule has 1 aliphatic rings. The Morgan fingerprint density at radius 2 is 1.75 bits per heavy atom. The van der Waals surface area contributed by atoms with Crippen LogP contribution in [0.3, 0.4) is 0 Å². The summed E-state index contributed by atoms with van der Waals surface area (Å²) in [6.07, 6.45) is 1.31. The number of hydrogen-bond donors (Lipinski definition) is 1. The number of benzene rings is 1. The molecule has 1 aliphatic heterocycles. The van der Waals surface area contributed by atoms with Crippen LogP contribution in [0.25, 0.3) is 0 Å². The SMILES string of the molecule is Cc1cc(CCC(=O)c2ccc([C@@H](C)[C@]3(C)CC(=O)NC3=O)cc2)cc(C)n1. The van der Waals surface area contributed by atoms with Crippen molar-refractivity contribution in [1.29, 1.82) is 0 Å². The monoisotopic (exact) mass is 378 g/mol. The van der Waals surface area contributed by atoms with Crippen LogP contribution in [0, 0.1) is 19.3 Å². The highest BCUT2D eigenvalue weighted by Crippen LogP contribution is 2.41. The second-order valence-electron chi connectivity index (χ2n) is 8.00. The number of rotatable bonds is 6. The van der Waals surface area contributed by atoms with Crippen LogP contribution in [0.5, 0.6) is 0 Å². The lowest BCUT2D eigenvalue weighted by Crippen LogP contribution is -2.33. The minimum absolute atomic E-state index is 0.0892. The summed E-state index contributed by atoms with van der Waals surface area (Å²) in [5.74, 6) is -0.488. The molecule has 146 valence electrons. The Morgan fingerprint density at radius 3 is 2.29 bits per heavy atom. The first kappa shape index (κ1) is 19.9. The summed E-state index contributed by atoms with van der Waals surface area (Å²) in [5, 5.41) is 2.39. The first-order chi connectivity index (χ1) is 13.2. The van der Waals surface area contributed by atoms with Gasteiger partial charge < -0.3 is 0 Å². The second-order valence-corrected chi connectivity index (χ2v) is 8.00. The van der Waals surface area contributed by atoms with Gasteiger partial charge in [-0.15, -0.1) is 0 Å². The average Bonchev–Trinajstić information content (AvgIpc) is 2.91. The van der Waals surface area contributed by atoms with Gasteiger partial charge in [0.2, 0.25) is 11.8 Å².